The fourth-order valence-corrected chi connectivity index (χ4v) is 3.07. The predicted octanol–water partition coefficient (Wildman–Crippen LogP) is 2.86. The van der Waals surface area contributed by atoms with Gasteiger partial charge in [0, 0.05) is 23.5 Å². The number of para-hydroxylation sites is 1. The average Bonchev–Trinajstić information content (AvgIpc) is 2.80. The summed E-state index contributed by atoms with van der Waals surface area (Å²) < 4.78 is 11.6. The van der Waals surface area contributed by atoms with Gasteiger partial charge in [-0.2, -0.15) is 4.68 Å². The number of nitrogens with one attached hydrogen (secondary N) is 1. The van der Waals surface area contributed by atoms with Crippen molar-refractivity contribution in [1.82, 2.24) is 14.6 Å². The number of ether oxygens (including phenoxy) is 2. The van der Waals surface area contributed by atoms with E-state index in [1.807, 2.05) is 0 Å². The van der Waals surface area contributed by atoms with E-state index in [1.54, 1.807) is 67.0 Å². The molecular formula is C22H18N4O4. The molecule has 150 valence electrons. The number of methoxy groups -OCH3 is 2. The minimum atomic E-state index is -0.495. The number of hydrogen-bond acceptors (Lipinski definition) is 6. The van der Waals surface area contributed by atoms with Crippen LogP contribution >= 0.6 is 0 Å². The molecule has 0 fully saturated rings. The molecular weight excluding hydrogens is 384 g/mol. The lowest BCUT2D eigenvalue weighted by atomic mass is 10.2. The summed E-state index contributed by atoms with van der Waals surface area (Å²) in [5.74, 6) is 0.708. The molecule has 0 atom stereocenters. The van der Waals surface area contributed by atoms with Crippen LogP contribution in [0.3, 0.4) is 0 Å². The number of rotatable bonds is 5. The number of aromatic nitrogens is 3. The van der Waals surface area contributed by atoms with Gasteiger partial charge in [0.05, 0.1) is 25.1 Å². The third kappa shape index (κ3) is 3.46. The zero-order valence-corrected chi connectivity index (χ0v) is 16.3. The van der Waals surface area contributed by atoms with Crippen LogP contribution in [-0.4, -0.2) is 34.8 Å². The number of fused-ring (bicyclic) bond motifs is 1. The smallest absolute Gasteiger partial charge is 0.280 e. The van der Waals surface area contributed by atoms with Crippen LogP contribution in [-0.2, 0) is 0 Å². The van der Waals surface area contributed by atoms with Crippen LogP contribution in [0, 0.1) is 0 Å². The molecule has 1 N–H and O–H groups in total. The third-order valence-corrected chi connectivity index (χ3v) is 4.57. The molecule has 2 heterocycles. The van der Waals surface area contributed by atoms with E-state index < -0.39 is 5.91 Å². The first-order valence-electron chi connectivity index (χ1n) is 9.08. The highest BCUT2D eigenvalue weighted by Gasteiger charge is 2.17. The van der Waals surface area contributed by atoms with Crippen molar-refractivity contribution in [2.75, 3.05) is 19.6 Å². The summed E-state index contributed by atoms with van der Waals surface area (Å²) in [6.07, 6.45) is 3.19. The van der Waals surface area contributed by atoms with Crippen molar-refractivity contribution in [3.8, 4) is 22.9 Å². The van der Waals surface area contributed by atoms with E-state index in [1.165, 1.54) is 14.2 Å². The maximum Gasteiger partial charge on any atom is 0.280 e. The van der Waals surface area contributed by atoms with Gasteiger partial charge in [0.1, 0.15) is 0 Å². The molecule has 0 spiro atoms. The number of amides is 1. The van der Waals surface area contributed by atoms with Gasteiger partial charge >= 0.3 is 0 Å². The molecule has 30 heavy (non-hydrogen) atoms. The first kappa shape index (κ1) is 19.1. The molecule has 0 aliphatic rings. The van der Waals surface area contributed by atoms with Crippen molar-refractivity contribution in [1.29, 1.82) is 0 Å². The van der Waals surface area contributed by atoms with Gasteiger partial charge in [-0.3, -0.25) is 20.0 Å². The summed E-state index contributed by atoms with van der Waals surface area (Å²) in [6, 6.07) is 15.2. The van der Waals surface area contributed by atoms with Gasteiger partial charge in [0.25, 0.3) is 11.5 Å². The average molecular weight is 402 g/mol. The maximum atomic E-state index is 13.2. The van der Waals surface area contributed by atoms with E-state index in [-0.39, 0.29) is 5.56 Å². The highest BCUT2D eigenvalue weighted by Crippen LogP contribution is 2.27. The minimum Gasteiger partial charge on any atom is -0.493 e. The number of benzene rings is 2. The Morgan fingerprint density at radius 3 is 2.43 bits per heavy atom. The highest BCUT2D eigenvalue weighted by atomic mass is 16.5. The first-order chi connectivity index (χ1) is 14.6. The number of pyridine rings is 1. The van der Waals surface area contributed by atoms with Gasteiger partial charge in [-0.25, -0.2) is 4.98 Å². The van der Waals surface area contributed by atoms with Gasteiger partial charge in [-0.05, 0) is 42.5 Å². The summed E-state index contributed by atoms with van der Waals surface area (Å²) in [5.41, 5.74) is 3.74. The summed E-state index contributed by atoms with van der Waals surface area (Å²) >= 11 is 0. The Morgan fingerprint density at radius 2 is 1.70 bits per heavy atom. The first-order valence-corrected chi connectivity index (χ1v) is 9.08. The molecule has 0 saturated carbocycles. The predicted molar refractivity (Wildman–Crippen MR) is 112 cm³/mol. The minimum absolute atomic E-state index is 0.299. The molecule has 4 rings (SSSR count). The zero-order chi connectivity index (χ0) is 21.1. The van der Waals surface area contributed by atoms with Crippen molar-refractivity contribution in [2.45, 2.75) is 0 Å². The van der Waals surface area contributed by atoms with Gasteiger partial charge in [-0.1, -0.05) is 12.1 Å². The maximum absolute atomic E-state index is 13.2. The Labute approximate surface area is 171 Å². The molecule has 1 amide bonds. The van der Waals surface area contributed by atoms with Gasteiger partial charge < -0.3 is 9.47 Å². The normalized spacial score (nSPS) is 10.6. The molecule has 8 nitrogen and oxygen atoms in total. The number of hydrogen-bond donors (Lipinski definition) is 1. The van der Waals surface area contributed by atoms with Crippen molar-refractivity contribution in [2.24, 2.45) is 0 Å². The third-order valence-electron chi connectivity index (χ3n) is 4.57. The summed E-state index contributed by atoms with van der Waals surface area (Å²) in [6.45, 7) is 0. The fourth-order valence-electron chi connectivity index (χ4n) is 3.07. The lowest BCUT2D eigenvalue weighted by Gasteiger charge is -2.15. The summed E-state index contributed by atoms with van der Waals surface area (Å²) in [5, 5.41) is 0.392. The summed E-state index contributed by atoms with van der Waals surface area (Å²) in [4.78, 5) is 34.7. The second-order valence-corrected chi connectivity index (χ2v) is 6.34. The molecule has 4 aromatic rings. The van der Waals surface area contributed by atoms with Gasteiger partial charge in [0.2, 0.25) is 0 Å². The lowest BCUT2D eigenvalue weighted by Crippen LogP contribution is -2.35. The van der Waals surface area contributed by atoms with Crippen LogP contribution in [0.5, 0.6) is 11.5 Å². The molecule has 0 saturated heterocycles. The van der Waals surface area contributed by atoms with Crippen LogP contribution in [0.15, 0.2) is 71.8 Å². The molecule has 2 aromatic heterocycles. The van der Waals surface area contributed by atoms with E-state index >= 15 is 0 Å². The van der Waals surface area contributed by atoms with Crippen LogP contribution in [0.1, 0.15) is 10.4 Å². The van der Waals surface area contributed by atoms with E-state index in [9.17, 15) is 9.59 Å². The Morgan fingerprint density at radius 1 is 0.967 bits per heavy atom. The van der Waals surface area contributed by atoms with Crippen LogP contribution in [0.4, 0.5) is 0 Å². The van der Waals surface area contributed by atoms with Gasteiger partial charge in [-0.15, -0.1) is 0 Å². The van der Waals surface area contributed by atoms with Crippen molar-refractivity contribution in [3.63, 3.8) is 0 Å². The Bertz CT molecular complexity index is 1290. The Hall–Kier alpha value is -4.20. The zero-order valence-electron chi connectivity index (χ0n) is 16.3. The van der Waals surface area contributed by atoms with E-state index in [0.29, 0.717) is 39.4 Å². The quantitative estimate of drug-likeness (QED) is 0.552. The van der Waals surface area contributed by atoms with E-state index in [4.69, 9.17) is 9.47 Å². The molecule has 0 bridgehead atoms. The van der Waals surface area contributed by atoms with E-state index in [2.05, 4.69) is 15.4 Å². The fraction of sp³-hybridized carbons (Fsp3) is 0.0909. The molecule has 0 unspecified atom stereocenters. The van der Waals surface area contributed by atoms with Crippen LogP contribution < -0.4 is 20.5 Å². The molecule has 0 aliphatic carbocycles. The largest absolute Gasteiger partial charge is 0.493 e. The number of carbonyl (C=O) groups excluding carboxylic acids is 1. The summed E-state index contributed by atoms with van der Waals surface area (Å²) in [7, 11) is 3.00. The van der Waals surface area contributed by atoms with Crippen LogP contribution in [0.2, 0.25) is 0 Å². The number of carbonyl (C=O) groups is 1. The Balaban J connectivity index is 1.83. The van der Waals surface area contributed by atoms with Crippen molar-refractivity contribution >= 4 is 16.8 Å². The van der Waals surface area contributed by atoms with Crippen molar-refractivity contribution in [3.05, 3.63) is 82.9 Å². The number of nitrogens with zero attached hydrogens (tertiary/aromatic N) is 3. The van der Waals surface area contributed by atoms with Crippen molar-refractivity contribution < 1.29 is 14.3 Å². The highest BCUT2D eigenvalue weighted by molar-refractivity contribution is 6.01. The van der Waals surface area contributed by atoms with E-state index in [0.717, 1.165) is 4.68 Å². The van der Waals surface area contributed by atoms with Crippen LogP contribution in [0.25, 0.3) is 22.3 Å². The molecule has 0 radical (unpaired) electrons. The molecule has 2 aromatic carbocycles. The second-order valence-electron chi connectivity index (χ2n) is 6.34. The standard InChI is InChI=1S/C22H18N4O4/c1-29-18-8-7-15(13-19(18)30-2)21(27)25-26-20(14-9-11-23-12-10-14)24-17-6-4-3-5-16(17)22(26)28/h3-13H,1-2H3,(H,25,27). The molecule has 0 aliphatic heterocycles. The lowest BCUT2D eigenvalue weighted by molar-refractivity contribution is 0.101. The Kier molecular flexibility index (Phi) is 5.13. The van der Waals surface area contributed by atoms with Gasteiger partial charge in [0.15, 0.2) is 17.3 Å². The monoisotopic (exact) mass is 402 g/mol. The SMILES string of the molecule is COc1ccc(C(=O)Nn2c(-c3ccncc3)nc3ccccc3c2=O)cc1OC. The molecule has 8 heteroatoms. The second kappa shape index (κ2) is 8.04. The topological polar surface area (TPSA) is 95.3 Å².